The summed E-state index contributed by atoms with van der Waals surface area (Å²) in [5.41, 5.74) is 6.07. The van der Waals surface area contributed by atoms with Gasteiger partial charge in [-0.2, -0.15) is 0 Å². The first-order valence-electron chi connectivity index (χ1n) is 6.64. The molecule has 0 spiro atoms. The fourth-order valence-corrected chi connectivity index (χ4v) is 3.26. The Morgan fingerprint density at radius 1 is 1.00 bits per heavy atom. The van der Waals surface area contributed by atoms with Gasteiger partial charge in [0.25, 0.3) is 0 Å². The zero-order chi connectivity index (χ0) is 14.9. The van der Waals surface area contributed by atoms with E-state index in [0.717, 1.165) is 5.56 Å². The van der Waals surface area contributed by atoms with Gasteiger partial charge in [-0.1, -0.05) is 53.0 Å². The van der Waals surface area contributed by atoms with Crippen LogP contribution in [0.1, 0.15) is 33.9 Å². The Hall–Kier alpha value is -1.02. The van der Waals surface area contributed by atoms with Crippen molar-refractivity contribution in [3.05, 3.63) is 68.2 Å². The van der Waals surface area contributed by atoms with Crippen LogP contribution in [0.4, 0.5) is 0 Å². The molecule has 1 unspecified atom stereocenters. The molecule has 3 heteroatoms. The van der Waals surface area contributed by atoms with Crippen LogP contribution in [0.2, 0.25) is 10.0 Å². The lowest BCUT2D eigenvalue weighted by Gasteiger charge is -2.23. The summed E-state index contributed by atoms with van der Waals surface area (Å²) in [6.07, 6.45) is 0. The second-order valence-corrected chi connectivity index (χ2v) is 5.96. The van der Waals surface area contributed by atoms with Gasteiger partial charge in [0.2, 0.25) is 0 Å². The van der Waals surface area contributed by atoms with E-state index in [1.807, 2.05) is 25.2 Å². The molecule has 0 radical (unpaired) electrons. The van der Waals surface area contributed by atoms with Crippen LogP contribution >= 0.6 is 23.2 Å². The monoisotopic (exact) mass is 307 g/mol. The zero-order valence-corrected chi connectivity index (χ0v) is 13.7. The minimum Gasteiger partial charge on any atom is -0.309 e. The molecule has 0 saturated heterocycles. The average molecular weight is 308 g/mol. The number of hydrogen-bond donors (Lipinski definition) is 1. The first-order chi connectivity index (χ1) is 9.45. The van der Waals surface area contributed by atoms with Gasteiger partial charge in [-0.25, -0.2) is 0 Å². The molecule has 0 aromatic heterocycles. The van der Waals surface area contributed by atoms with Gasteiger partial charge < -0.3 is 5.32 Å². The average Bonchev–Trinajstić information content (AvgIpc) is 2.37. The Labute approximate surface area is 130 Å². The Balaban J connectivity index is 2.62. The number of hydrogen-bond acceptors (Lipinski definition) is 1. The fraction of sp³-hybridized carbons (Fsp3) is 0.294. The molecule has 0 amide bonds. The maximum absolute atomic E-state index is 6.38. The van der Waals surface area contributed by atoms with E-state index in [1.54, 1.807) is 0 Å². The first kappa shape index (κ1) is 15.4. The molecule has 0 bridgehead atoms. The summed E-state index contributed by atoms with van der Waals surface area (Å²) < 4.78 is 0. The van der Waals surface area contributed by atoms with Gasteiger partial charge in [-0.15, -0.1) is 0 Å². The van der Waals surface area contributed by atoms with Gasteiger partial charge in [0.05, 0.1) is 16.1 Å². The van der Waals surface area contributed by atoms with E-state index in [4.69, 9.17) is 23.2 Å². The van der Waals surface area contributed by atoms with Crippen LogP contribution in [0.15, 0.2) is 30.3 Å². The highest BCUT2D eigenvalue weighted by molar-refractivity contribution is 6.42. The molecule has 0 aliphatic heterocycles. The van der Waals surface area contributed by atoms with Gasteiger partial charge in [0.15, 0.2) is 0 Å². The van der Waals surface area contributed by atoms with Crippen LogP contribution in [0.25, 0.3) is 0 Å². The summed E-state index contributed by atoms with van der Waals surface area (Å²) >= 11 is 12.5. The van der Waals surface area contributed by atoms with E-state index in [9.17, 15) is 0 Å². The summed E-state index contributed by atoms with van der Waals surface area (Å²) in [5, 5.41) is 4.57. The molecule has 2 aromatic rings. The molecule has 0 saturated carbocycles. The second-order valence-electron chi connectivity index (χ2n) is 5.18. The second kappa shape index (κ2) is 6.17. The number of nitrogens with one attached hydrogen (secondary N) is 1. The summed E-state index contributed by atoms with van der Waals surface area (Å²) in [6.45, 7) is 6.39. The van der Waals surface area contributed by atoms with Crippen LogP contribution in [0.3, 0.4) is 0 Å². The third-order valence-electron chi connectivity index (χ3n) is 3.61. The quantitative estimate of drug-likeness (QED) is 0.819. The number of aryl methyl sites for hydroxylation is 3. The standard InChI is InChI=1S/C17H19Cl2N/c1-10-8-11(2)15(12(3)9-10)17(20-4)13-6-5-7-14(18)16(13)19/h5-9,17,20H,1-4H3. The molecular formula is C17H19Cl2N. The largest absolute Gasteiger partial charge is 0.309 e. The zero-order valence-electron chi connectivity index (χ0n) is 12.2. The van der Waals surface area contributed by atoms with Gasteiger partial charge in [-0.3, -0.25) is 0 Å². The van der Waals surface area contributed by atoms with Crippen molar-refractivity contribution < 1.29 is 0 Å². The molecule has 0 heterocycles. The minimum absolute atomic E-state index is 0.0433. The summed E-state index contributed by atoms with van der Waals surface area (Å²) in [6, 6.07) is 10.2. The fourth-order valence-electron chi connectivity index (χ4n) is 2.85. The molecule has 0 fully saturated rings. The molecule has 1 atom stereocenters. The summed E-state index contributed by atoms with van der Waals surface area (Å²) in [7, 11) is 1.95. The third kappa shape index (κ3) is 2.85. The lowest BCUT2D eigenvalue weighted by Crippen LogP contribution is -2.20. The smallest absolute Gasteiger partial charge is 0.0643 e. The molecule has 0 aliphatic carbocycles. The maximum atomic E-state index is 6.38. The minimum atomic E-state index is 0.0433. The number of rotatable bonds is 3. The predicted molar refractivity (Wildman–Crippen MR) is 88.0 cm³/mol. The normalized spacial score (nSPS) is 12.5. The van der Waals surface area contributed by atoms with E-state index in [1.165, 1.54) is 22.3 Å². The Morgan fingerprint density at radius 3 is 2.15 bits per heavy atom. The SMILES string of the molecule is CNC(c1cccc(Cl)c1Cl)c1c(C)cc(C)cc1C. The molecule has 1 nitrogen and oxygen atoms in total. The van der Waals surface area contributed by atoms with Gasteiger partial charge >= 0.3 is 0 Å². The molecule has 20 heavy (non-hydrogen) atoms. The van der Waals surface area contributed by atoms with Crippen molar-refractivity contribution in [1.29, 1.82) is 0 Å². The molecule has 2 rings (SSSR count). The lowest BCUT2D eigenvalue weighted by atomic mass is 9.90. The Morgan fingerprint density at radius 2 is 1.60 bits per heavy atom. The van der Waals surface area contributed by atoms with E-state index in [2.05, 4.69) is 38.2 Å². The van der Waals surface area contributed by atoms with Crippen LogP contribution in [-0.2, 0) is 0 Å². The van der Waals surface area contributed by atoms with Gasteiger partial charge in [-0.05, 0) is 56.1 Å². The van der Waals surface area contributed by atoms with Gasteiger partial charge in [0, 0.05) is 0 Å². The molecular weight excluding hydrogens is 289 g/mol. The maximum Gasteiger partial charge on any atom is 0.0643 e. The lowest BCUT2D eigenvalue weighted by molar-refractivity contribution is 0.683. The number of halogens is 2. The third-order valence-corrected chi connectivity index (χ3v) is 4.44. The van der Waals surface area contributed by atoms with E-state index in [0.29, 0.717) is 10.0 Å². The molecule has 0 aliphatic rings. The van der Waals surface area contributed by atoms with Crippen molar-refractivity contribution in [2.75, 3.05) is 7.05 Å². The first-order valence-corrected chi connectivity index (χ1v) is 7.40. The van der Waals surface area contributed by atoms with Crippen molar-refractivity contribution >= 4 is 23.2 Å². The molecule has 106 valence electrons. The van der Waals surface area contributed by atoms with E-state index in [-0.39, 0.29) is 6.04 Å². The van der Waals surface area contributed by atoms with Crippen LogP contribution in [0.5, 0.6) is 0 Å². The number of benzene rings is 2. The van der Waals surface area contributed by atoms with Crippen molar-refractivity contribution in [2.45, 2.75) is 26.8 Å². The predicted octanol–water partition coefficient (Wildman–Crippen LogP) is 5.23. The highest BCUT2D eigenvalue weighted by Crippen LogP contribution is 2.35. The van der Waals surface area contributed by atoms with Crippen molar-refractivity contribution in [1.82, 2.24) is 5.32 Å². The van der Waals surface area contributed by atoms with Crippen molar-refractivity contribution in [2.24, 2.45) is 0 Å². The highest BCUT2D eigenvalue weighted by Gasteiger charge is 2.20. The Bertz CT molecular complexity index is 612. The highest BCUT2D eigenvalue weighted by atomic mass is 35.5. The van der Waals surface area contributed by atoms with Crippen LogP contribution in [0, 0.1) is 20.8 Å². The van der Waals surface area contributed by atoms with Gasteiger partial charge in [0.1, 0.15) is 0 Å². The van der Waals surface area contributed by atoms with E-state index < -0.39 is 0 Å². The Kier molecular flexibility index (Phi) is 4.74. The summed E-state index contributed by atoms with van der Waals surface area (Å²) in [5.74, 6) is 0. The topological polar surface area (TPSA) is 12.0 Å². The van der Waals surface area contributed by atoms with Crippen molar-refractivity contribution in [3.63, 3.8) is 0 Å². The summed E-state index contributed by atoms with van der Waals surface area (Å²) in [4.78, 5) is 0. The van der Waals surface area contributed by atoms with Crippen molar-refractivity contribution in [3.8, 4) is 0 Å². The van der Waals surface area contributed by atoms with Crippen LogP contribution in [-0.4, -0.2) is 7.05 Å². The molecule has 1 N–H and O–H groups in total. The van der Waals surface area contributed by atoms with E-state index >= 15 is 0 Å². The van der Waals surface area contributed by atoms with Crippen LogP contribution < -0.4 is 5.32 Å². The molecule has 2 aromatic carbocycles.